The first-order chi connectivity index (χ1) is 13.2. The van der Waals surface area contributed by atoms with Crippen molar-refractivity contribution in [1.29, 1.82) is 0 Å². The van der Waals surface area contributed by atoms with Crippen LogP contribution in [0.5, 0.6) is 0 Å². The third-order valence-electron chi connectivity index (χ3n) is 5.75. The van der Waals surface area contributed by atoms with E-state index in [0.29, 0.717) is 12.5 Å². The summed E-state index contributed by atoms with van der Waals surface area (Å²) < 4.78 is 0. The summed E-state index contributed by atoms with van der Waals surface area (Å²) in [5.41, 5.74) is 3.61. The first kappa shape index (κ1) is 19.6. The fraction of sp³-hybridized carbons (Fsp3) is 0.435. The molecular weight excluding hydrogens is 334 g/mol. The molecular formula is C23H33N3O+2. The van der Waals surface area contributed by atoms with Crippen molar-refractivity contribution in [2.45, 2.75) is 32.7 Å². The lowest BCUT2D eigenvalue weighted by molar-refractivity contribution is -1.02. The van der Waals surface area contributed by atoms with Crippen LogP contribution in [0.1, 0.15) is 37.3 Å². The number of para-hydroxylation sites is 1. The molecule has 1 fully saturated rings. The molecule has 144 valence electrons. The van der Waals surface area contributed by atoms with Crippen LogP contribution in [0, 0.1) is 0 Å². The van der Waals surface area contributed by atoms with E-state index in [1.807, 2.05) is 12.1 Å². The Bertz CT molecular complexity index is 723. The Morgan fingerprint density at radius 3 is 2.30 bits per heavy atom. The zero-order valence-electron chi connectivity index (χ0n) is 16.6. The largest absolute Gasteiger partial charge is 0.322 e. The van der Waals surface area contributed by atoms with Crippen LogP contribution in [0.4, 0.5) is 5.69 Å². The second-order valence-corrected chi connectivity index (χ2v) is 7.78. The van der Waals surface area contributed by atoms with E-state index in [-0.39, 0.29) is 5.91 Å². The van der Waals surface area contributed by atoms with Crippen molar-refractivity contribution < 1.29 is 14.6 Å². The van der Waals surface area contributed by atoms with Crippen LogP contribution in [-0.2, 0) is 11.3 Å². The van der Waals surface area contributed by atoms with Gasteiger partial charge in [0.25, 0.3) is 5.91 Å². The Morgan fingerprint density at radius 1 is 0.963 bits per heavy atom. The first-order valence-electron chi connectivity index (χ1n) is 10.3. The zero-order valence-corrected chi connectivity index (χ0v) is 16.6. The highest BCUT2D eigenvalue weighted by atomic mass is 16.2. The molecule has 0 radical (unpaired) electrons. The average Bonchev–Trinajstić information content (AvgIpc) is 2.70. The highest BCUT2D eigenvalue weighted by Gasteiger charge is 2.25. The molecule has 1 heterocycles. The monoisotopic (exact) mass is 367 g/mol. The van der Waals surface area contributed by atoms with Crippen LogP contribution in [0.2, 0.25) is 0 Å². The van der Waals surface area contributed by atoms with E-state index in [4.69, 9.17) is 0 Å². The van der Waals surface area contributed by atoms with Gasteiger partial charge in [0.2, 0.25) is 0 Å². The molecule has 0 saturated carbocycles. The van der Waals surface area contributed by atoms with Crippen LogP contribution in [0.15, 0.2) is 54.6 Å². The van der Waals surface area contributed by atoms with Gasteiger partial charge in [0.05, 0.1) is 0 Å². The predicted octanol–water partition coefficient (Wildman–Crippen LogP) is 1.12. The fourth-order valence-electron chi connectivity index (χ4n) is 3.88. The lowest BCUT2D eigenvalue weighted by atomic mass is 9.97. The van der Waals surface area contributed by atoms with E-state index in [1.54, 1.807) is 4.90 Å². The van der Waals surface area contributed by atoms with Crippen LogP contribution in [0.3, 0.4) is 0 Å². The summed E-state index contributed by atoms with van der Waals surface area (Å²) in [5.74, 6) is 0.589. The Morgan fingerprint density at radius 2 is 1.59 bits per heavy atom. The van der Waals surface area contributed by atoms with E-state index in [1.165, 1.54) is 16.0 Å². The van der Waals surface area contributed by atoms with E-state index >= 15 is 0 Å². The maximum absolute atomic E-state index is 12.6. The summed E-state index contributed by atoms with van der Waals surface area (Å²) in [5, 5.41) is 3.16. The lowest BCUT2D eigenvalue weighted by Gasteiger charge is -2.29. The van der Waals surface area contributed by atoms with Crippen molar-refractivity contribution in [3.63, 3.8) is 0 Å². The van der Waals surface area contributed by atoms with E-state index in [9.17, 15) is 4.79 Å². The van der Waals surface area contributed by atoms with Gasteiger partial charge in [-0.05, 0) is 24.0 Å². The molecule has 0 bridgehead atoms. The molecule has 1 aliphatic rings. The first-order valence-corrected chi connectivity index (χ1v) is 10.3. The van der Waals surface area contributed by atoms with Crippen LogP contribution < -0.4 is 15.1 Å². The molecule has 0 aliphatic carbocycles. The lowest BCUT2D eigenvalue weighted by Crippen LogP contribution is -3.28. The van der Waals surface area contributed by atoms with Gasteiger partial charge in [0.1, 0.15) is 32.7 Å². The summed E-state index contributed by atoms with van der Waals surface area (Å²) in [6, 6.07) is 18.9. The van der Waals surface area contributed by atoms with Crippen LogP contribution >= 0.6 is 0 Å². The number of carbonyl (C=O) groups is 1. The van der Waals surface area contributed by atoms with Crippen molar-refractivity contribution in [2.75, 3.05) is 38.0 Å². The van der Waals surface area contributed by atoms with Gasteiger partial charge in [-0.25, -0.2) is 0 Å². The molecule has 27 heavy (non-hydrogen) atoms. The summed E-state index contributed by atoms with van der Waals surface area (Å²) in [6.45, 7) is 10.4. The fourth-order valence-corrected chi connectivity index (χ4v) is 3.88. The quantitative estimate of drug-likeness (QED) is 0.674. The summed E-state index contributed by atoms with van der Waals surface area (Å²) in [6.07, 6.45) is 1.07. The van der Waals surface area contributed by atoms with Gasteiger partial charge in [0, 0.05) is 11.3 Å². The second-order valence-electron chi connectivity index (χ2n) is 7.78. The molecule has 0 aromatic heterocycles. The number of carbonyl (C=O) groups excluding carboxylic acids is 1. The normalized spacial score (nSPS) is 20.8. The maximum atomic E-state index is 12.6. The van der Waals surface area contributed by atoms with Crippen molar-refractivity contribution >= 4 is 11.6 Å². The number of rotatable bonds is 7. The standard InChI is InChI=1S/C23H31N3O/c1-3-19(2)21-11-7-8-12-22(21)24-23(27)18-26-15-13-25(14-16-26)17-20-9-5-4-6-10-20/h4-12,19H,3,13-18H2,1-2H3,(H,24,27)/p+2/t19-/m0/s1. The van der Waals surface area contributed by atoms with Gasteiger partial charge in [-0.1, -0.05) is 62.4 Å². The molecule has 4 heteroatoms. The third kappa shape index (κ3) is 5.65. The van der Waals surface area contributed by atoms with Crippen molar-refractivity contribution in [3.8, 4) is 0 Å². The Balaban J connectivity index is 1.47. The topological polar surface area (TPSA) is 38.0 Å². The summed E-state index contributed by atoms with van der Waals surface area (Å²) >= 11 is 0. The number of piperazine rings is 1. The highest BCUT2D eigenvalue weighted by molar-refractivity contribution is 5.92. The second kappa shape index (κ2) is 9.67. The number of hydrogen-bond donors (Lipinski definition) is 3. The molecule has 3 N–H and O–H groups in total. The van der Waals surface area contributed by atoms with E-state index in [0.717, 1.165) is 44.8 Å². The summed E-state index contributed by atoms with van der Waals surface area (Å²) in [4.78, 5) is 15.6. The van der Waals surface area contributed by atoms with Gasteiger partial charge >= 0.3 is 0 Å². The summed E-state index contributed by atoms with van der Waals surface area (Å²) in [7, 11) is 0. The van der Waals surface area contributed by atoms with Crippen LogP contribution in [0.25, 0.3) is 0 Å². The molecule has 1 atom stereocenters. The molecule has 3 rings (SSSR count). The SMILES string of the molecule is CC[C@H](C)c1ccccc1NC(=O)C[NH+]1CC[NH+](Cc2ccccc2)CC1. The molecule has 0 spiro atoms. The Hall–Kier alpha value is -2.17. The number of benzene rings is 2. The Kier molecular flexibility index (Phi) is 7.02. The van der Waals surface area contributed by atoms with Gasteiger partial charge < -0.3 is 15.1 Å². The maximum Gasteiger partial charge on any atom is 0.279 e. The minimum absolute atomic E-state index is 0.132. The van der Waals surface area contributed by atoms with Gasteiger partial charge in [-0.3, -0.25) is 4.79 Å². The van der Waals surface area contributed by atoms with Crippen molar-refractivity contribution in [2.24, 2.45) is 0 Å². The number of quaternary nitrogens is 2. The van der Waals surface area contributed by atoms with Crippen molar-refractivity contribution in [1.82, 2.24) is 0 Å². The van der Waals surface area contributed by atoms with Gasteiger partial charge in [0.15, 0.2) is 6.54 Å². The zero-order chi connectivity index (χ0) is 19.1. The number of hydrogen-bond acceptors (Lipinski definition) is 1. The minimum atomic E-state index is 0.132. The van der Waals surface area contributed by atoms with Crippen molar-refractivity contribution in [3.05, 3.63) is 65.7 Å². The van der Waals surface area contributed by atoms with Gasteiger partial charge in [-0.15, -0.1) is 0 Å². The molecule has 4 nitrogen and oxygen atoms in total. The molecule has 2 aromatic carbocycles. The van der Waals surface area contributed by atoms with Crippen LogP contribution in [-0.4, -0.2) is 38.6 Å². The minimum Gasteiger partial charge on any atom is -0.322 e. The molecule has 1 aliphatic heterocycles. The molecule has 0 unspecified atom stereocenters. The predicted molar refractivity (Wildman–Crippen MR) is 110 cm³/mol. The highest BCUT2D eigenvalue weighted by Crippen LogP contribution is 2.26. The average molecular weight is 368 g/mol. The van der Waals surface area contributed by atoms with Gasteiger partial charge in [-0.2, -0.15) is 0 Å². The number of nitrogens with one attached hydrogen (secondary N) is 3. The Labute approximate surface area is 163 Å². The smallest absolute Gasteiger partial charge is 0.279 e. The molecule has 2 aromatic rings. The molecule has 1 saturated heterocycles. The van der Waals surface area contributed by atoms with E-state index in [2.05, 4.69) is 61.6 Å². The molecule has 1 amide bonds. The third-order valence-corrected chi connectivity index (χ3v) is 5.75. The number of amides is 1. The van der Waals surface area contributed by atoms with E-state index < -0.39 is 0 Å². The number of anilines is 1.